The molecular formula is C11H18O. The standard InChI is InChI=1S/C11H18O/c1-3-5-7-10(12)11(4-2)8-6-9-11/h3,5H,4,6-9H2,1-2H3/b5-3+. The monoisotopic (exact) mass is 166 g/mol. The van der Waals surface area contributed by atoms with Crippen LogP contribution in [0.3, 0.4) is 0 Å². The predicted molar refractivity (Wildman–Crippen MR) is 51.0 cm³/mol. The molecule has 1 heteroatoms. The maximum absolute atomic E-state index is 11.7. The number of Topliss-reactive ketones (excluding diaryl/α,β-unsaturated/α-hetero) is 1. The van der Waals surface area contributed by atoms with Crippen molar-refractivity contribution in [3.63, 3.8) is 0 Å². The smallest absolute Gasteiger partial charge is 0.142 e. The van der Waals surface area contributed by atoms with Crippen molar-refractivity contribution in [3.8, 4) is 0 Å². The van der Waals surface area contributed by atoms with E-state index in [4.69, 9.17) is 0 Å². The Morgan fingerprint density at radius 1 is 1.50 bits per heavy atom. The van der Waals surface area contributed by atoms with Crippen molar-refractivity contribution in [1.82, 2.24) is 0 Å². The lowest BCUT2D eigenvalue weighted by molar-refractivity contribution is -0.132. The number of hydrogen-bond acceptors (Lipinski definition) is 1. The van der Waals surface area contributed by atoms with Gasteiger partial charge in [0.1, 0.15) is 5.78 Å². The zero-order valence-electron chi connectivity index (χ0n) is 8.10. The Morgan fingerprint density at radius 3 is 2.50 bits per heavy atom. The molecule has 12 heavy (non-hydrogen) atoms. The van der Waals surface area contributed by atoms with Gasteiger partial charge in [0.05, 0.1) is 0 Å². The number of allylic oxidation sites excluding steroid dienone is 2. The van der Waals surface area contributed by atoms with Crippen molar-refractivity contribution < 1.29 is 4.79 Å². The van der Waals surface area contributed by atoms with Gasteiger partial charge in [0.25, 0.3) is 0 Å². The number of rotatable bonds is 4. The summed E-state index contributed by atoms with van der Waals surface area (Å²) in [6.07, 6.45) is 9.10. The van der Waals surface area contributed by atoms with Crippen molar-refractivity contribution >= 4 is 5.78 Å². The third kappa shape index (κ3) is 1.60. The van der Waals surface area contributed by atoms with Crippen LogP contribution in [0.25, 0.3) is 0 Å². The van der Waals surface area contributed by atoms with Crippen molar-refractivity contribution in [2.24, 2.45) is 5.41 Å². The van der Waals surface area contributed by atoms with Crippen LogP contribution < -0.4 is 0 Å². The Morgan fingerprint density at radius 2 is 2.17 bits per heavy atom. The van der Waals surface area contributed by atoms with Crippen LogP contribution in [-0.4, -0.2) is 5.78 Å². The summed E-state index contributed by atoms with van der Waals surface area (Å²) in [6.45, 7) is 4.10. The normalized spacial score (nSPS) is 20.8. The minimum absolute atomic E-state index is 0.0828. The van der Waals surface area contributed by atoms with Crippen LogP contribution in [0.4, 0.5) is 0 Å². The quantitative estimate of drug-likeness (QED) is 0.586. The fourth-order valence-electron chi connectivity index (χ4n) is 1.87. The fraction of sp³-hybridized carbons (Fsp3) is 0.727. The lowest BCUT2D eigenvalue weighted by Gasteiger charge is -2.39. The summed E-state index contributed by atoms with van der Waals surface area (Å²) in [5.74, 6) is 0.453. The van der Waals surface area contributed by atoms with E-state index in [0.29, 0.717) is 12.2 Å². The lowest BCUT2D eigenvalue weighted by Crippen LogP contribution is -2.36. The topological polar surface area (TPSA) is 17.1 Å². The van der Waals surface area contributed by atoms with E-state index < -0.39 is 0 Å². The number of carbonyl (C=O) groups is 1. The summed E-state index contributed by atoms with van der Waals surface area (Å²) in [7, 11) is 0. The van der Waals surface area contributed by atoms with Crippen molar-refractivity contribution in [1.29, 1.82) is 0 Å². The van der Waals surface area contributed by atoms with Gasteiger partial charge in [-0.15, -0.1) is 0 Å². The zero-order chi connectivity index (χ0) is 9.03. The van der Waals surface area contributed by atoms with Crippen LogP contribution >= 0.6 is 0 Å². The molecule has 0 amide bonds. The number of ketones is 1. The van der Waals surface area contributed by atoms with Crippen molar-refractivity contribution in [2.75, 3.05) is 0 Å². The highest BCUT2D eigenvalue weighted by atomic mass is 16.1. The highest BCUT2D eigenvalue weighted by molar-refractivity contribution is 5.86. The van der Waals surface area contributed by atoms with Gasteiger partial charge in [-0.3, -0.25) is 4.79 Å². The summed E-state index contributed by atoms with van der Waals surface area (Å²) in [5, 5.41) is 0. The molecule has 0 unspecified atom stereocenters. The minimum Gasteiger partial charge on any atom is -0.299 e. The summed E-state index contributed by atoms with van der Waals surface area (Å²) in [4.78, 5) is 11.7. The maximum atomic E-state index is 11.7. The summed E-state index contributed by atoms with van der Waals surface area (Å²) in [5.41, 5.74) is 0.0828. The first kappa shape index (κ1) is 9.50. The molecule has 1 rings (SSSR count). The Hall–Kier alpha value is -0.590. The third-order valence-corrected chi connectivity index (χ3v) is 3.12. The van der Waals surface area contributed by atoms with Crippen LogP contribution in [0.2, 0.25) is 0 Å². The lowest BCUT2D eigenvalue weighted by atomic mass is 9.64. The van der Waals surface area contributed by atoms with Crippen LogP contribution in [-0.2, 0) is 4.79 Å². The van der Waals surface area contributed by atoms with Crippen LogP contribution in [0.1, 0.15) is 46.0 Å². The highest BCUT2D eigenvalue weighted by Gasteiger charge is 2.40. The van der Waals surface area contributed by atoms with Gasteiger partial charge in [0.2, 0.25) is 0 Å². The Bertz CT molecular complexity index is 182. The van der Waals surface area contributed by atoms with E-state index in [1.165, 1.54) is 6.42 Å². The molecule has 0 heterocycles. The van der Waals surface area contributed by atoms with Gasteiger partial charge < -0.3 is 0 Å². The number of carbonyl (C=O) groups excluding carboxylic acids is 1. The molecule has 0 saturated heterocycles. The predicted octanol–water partition coefficient (Wildman–Crippen LogP) is 3.10. The molecule has 1 nitrogen and oxygen atoms in total. The highest BCUT2D eigenvalue weighted by Crippen LogP contribution is 2.45. The van der Waals surface area contributed by atoms with Gasteiger partial charge in [0.15, 0.2) is 0 Å². The summed E-state index contributed by atoms with van der Waals surface area (Å²) >= 11 is 0. The summed E-state index contributed by atoms with van der Waals surface area (Å²) < 4.78 is 0. The van der Waals surface area contributed by atoms with E-state index >= 15 is 0 Å². The molecule has 0 aromatic heterocycles. The molecule has 0 aliphatic heterocycles. The van der Waals surface area contributed by atoms with Gasteiger partial charge in [-0.25, -0.2) is 0 Å². The van der Waals surface area contributed by atoms with Crippen LogP contribution in [0.15, 0.2) is 12.2 Å². The average Bonchev–Trinajstić information content (AvgIpc) is 2.00. The molecular weight excluding hydrogens is 148 g/mol. The fourth-order valence-corrected chi connectivity index (χ4v) is 1.87. The second-order valence-corrected chi connectivity index (χ2v) is 3.68. The molecule has 1 saturated carbocycles. The molecule has 0 radical (unpaired) electrons. The molecule has 0 N–H and O–H groups in total. The SMILES string of the molecule is C/C=C/CC(=O)C1(CC)CCC1. The molecule has 68 valence electrons. The van der Waals surface area contributed by atoms with E-state index in [-0.39, 0.29) is 5.41 Å². The maximum Gasteiger partial charge on any atom is 0.142 e. The average molecular weight is 166 g/mol. The van der Waals surface area contributed by atoms with Crippen LogP contribution in [0, 0.1) is 5.41 Å². The van der Waals surface area contributed by atoms with E-state index in [1.54, 1.807) is 0 Å². The molecule has 0 atom stereocenters. The van der Waals surface area contributed by atoms with Crippen LogP contribution in [0.5, 0.6) is 0 Å². The van der Waals surface area contributed by atoms with E-state index in [1.807, 2.05) is 19.1 Å². The van der Waals surface area contributed by atoms with Gasteiger partial charge in [0, 0.05) is 11.8 Å². The first-order valence-corrected chi connectivity index (χ1v) is 4.89. The summed E-state index contributed by atoms with van der Waals surface area (Å²) in [6, 6.07) is 0. The first-order chi connectivity index (χ1) is 5.75. The third-order valence-electron chi connectivity index (χ3n) is 3.12. The minimum atomic E-state index is 0.0828. The van der Waals surface area contributed by atoms with Gasteiger partial charge in [-0.05, 0) is 26.2 Å². The van der Waals surface area contributed by atoms with E-state index in [2.05, 4.69) is 6.92 Å². The second-order valence-electron chi connectivity index (χ2n) is 3.68. The van der Waals surface area contributed by atoms with Gasteiger partial charge in [-0.1, -0.05) is 25.5 Å². The Labute approximate surface area is 74.9 Å². The number of hydrogen-bond donors (Lipinski definition) is 0. The first-order valence-electron chi connectivity index (χ1n) is 4.89. The molecule has 0 bridgehead atoms. The molecule has 0 aromatic carbocycles. The second kappa shape index (κ2) is 3.88. The van der Waals surface area contributed by atoms with Crippen molar-refractivity contribution in [2.45, 2.75) is 46.0 Å². The van der Waals surface area contributed by atoms with E-state index in [9.17, 15) is 4.79 Å². The molecule has 1 aliphatic carbocycles. The molecule has 1 aliphatic rings. The van der Waals surface area contributed by atoms with Gasteiger partial charge >= 0.3 is 0 Å². The van der Waals surface area contributed by atoms with Gasteiger partial charge in [-0.2, -0.15) is 0 Å². The Kier molecular flexibility index (Phi) is 3.07. The largest absolute Gasteiger partial charge is 0.299 e. The molecule has 0 aromatic rings. The molecule has 0 spiro atoms. The molecule has 1 fully saturated rings. The Balaban J connectivity index is 2.49. The van der Waals surface area contributed by atoms with E-state index in [0.717, 1.165) is 19.3 Å². The van der Waals surface area contributed by atoms with Crippen molar-refractivity contribution in [3.05, 3.63) is 12.2 Å². The zero-order valence-corrected chi connectivity index (χ0v) is 8.10.